The minimum atomic E-state index is -0.873. The van der Waals surface area contributed by atoms with Gasteiger partial charge in [0.05, 0.1) is 18.1 Å². The Balaban J connectivity index is 1.85. The first-order valence-corrected chi connectivity index (χ1v) is 8.58. The topological polar surface area (TPSA) is 47.3 Å². The summed E-state index contributed by atoms with van der Waals surface area (Å²) in [6.45, 7) is 0.642. The largest absolute Gasteiger partial charge is 0.496 e. The van der Waals surface area contributed by atoms with Crippen LogP contribution in [0, 0.1) is 0 Å². The molecule has 0 radical (unpaired) electrons. The quantitative estimate of drug-likeness (QED) is 0.591. The Morgan fingerprint density at radius 2 is 1.62 bits per heavy atom. The zero-order chi connectivity index (χ0) is 17.9. The van der Waals surface area contributed by atoms with Gasteiger partial charge in [-0.1, -0.05) is 60.7 Å². The van der Waals surface area contributed by atoms with Crippen molar-refractivity contribution in [1.82, 2.24) is 9.55 Å². The van der Waals surface area contributed by atoms with Crippen molar-refractivity contribution in [2.24, 2.45) is 0 Å². The first kappa shape index (κ1) is 16.4. The lowest BCUT2D eigenvalue weighted by Gasteiger charge is -2.17. The Morgan fingerprint density at radius 1 is 0.923 bits per heavy atom. The van der Waals surface area contributed by atoms with Crippen LogP contribution in [0.5, 0.6) is 5.75 Å². The van der Waals surface area contributed by atoms with Crippen molar-refractivity contribution in [1.29, 1.82) is 0 Å². The number of fused-ring (bicyclic) bond motifs is 1. The molecule has 0 fully saturated rings. The molecule has 4 heteroatoms. The second kappa shape index (κ2) is 7.02. The highest BCUT2D eigenvalue weighted by molar-refractivity contribution is 5.76. The van der Waals surface area contributed by atoms with Gasteiger partial charge in [0, 0.05) is 12.1 Å². The highest BCUT2D eigenvalue weighted by Crippen LogP contribution is 2.31. The maximum Gasteiger partial charge on any atom is 0.143 e. The predicted octanol–water partition coefficient (Wildman–Crippen LogP) is 4.17. The molecule has 0 aliphatic carbocycles. The lowest BCUT2D eigenvalue weighted by molar-refractivity contribution is 0.201. The Bertz CT molecular complexity index is 1020. The van der Waals surface area contributed by atoms with Crippen molar-refractivity contribution < 1.29 is 9.84 Å². The van der Waals surface area contributed by atoms with Crippen molar-refractivity contribution in [2.45, 2.75) is 12.6 Å². The number of nitrogens with zero attached hydrogens (tertiary/aromatic N) is 2. The van der Waals surface area contributed by atoms with Gasteiger partial charge < -0.3 is 14.4 Å². The summed E-state index contributed by atoms with van der Waals surface area (Å²) in [4.78, 5) is 4.72. The van der Waals surface area contributed by atoms with Crippen molar-refractivity contribution in [3.05, 3.63) is 95.8 Å². The highest BCUT2D eigenvalue weighted by atomic mass is 16.5. The molecule has 0 saturated carbocycles. The molecule has 0 spiro atoms. The second-order valence-corrected chi connectivity index (χ2v) is 6.17. The van der Waals surface area contributed by atoms with Crippen molar-refractivity contribution >= 4 is 11.0 Å². The molecule has 1 atom stereocenters. The van der Waals surface area contributed by atoms with Gasteiger partial charge in [0.15, 0.2) is 0 Å². The molecule has 0 bridgehead atoms. The molecule has 0 aliphatic rings. The van der Waals surface area contributed by atoms with E-state index in [-0.39, 0.29) is 0 Å². The van der Waals surface area contributed by atoms with Crippen LogP contribution >= 0.6 is 0 Å². The number of hydrogen-bond acceptors (Lipinski definition) is 3. The number of aromatic nitrogens is 2. The van der Waals surface area contributed by atoms with E-state index in [0.717, 1.165) is 16.6 Å². The summed E-state index contributed by atoms with van der Waals surface area (Å²) in [6.07, 6.45) is -0.873. The van der Waals surface area contributed by atoms with E-state index < -0.39 is 6.10 Å². The third-order valence-corrected chi connectivity index (χ3v) is 4.55. The Morgan fingerprint density at radius 3 is 2.42 bits per heavy atom. The predicted molar refractivity (Wildman–Crippen MR) is 102 cm³/mol. The summed E-state index contributed by atoms with van der Waals surface area (Å²) in [5, 5.41) is 11.1. The number of ether oxygens (including phenoxy) is 1. The fraction of sp³-hybridized carbons (Fsp3) is 0.136. The molecule has 4 rings (SSSR count). The smallest absolute Gasteiger partial charge is 0.143 e. The minimum Gasteiger partial charge on any atom is -0.496 e. The van der Waals surface area contributed by atoms with Crippen molar-refractivity contribution in [2.75, 3.05) is 7.11 Å². The minimum absolute atomic E-state index is 0.611. The molecule has 0 aliphatic heterocycles. The van der Waals surface area contributed by atoms with Crippen LogP contribution in [0.4, 0.5) is 0 Å². The zero-order valence-corrected chi connectivity index (χ0v) is 14.5. The second-order valence-electron chi connectivity index (χ2n) is 6.17. The SMILES string of the molecule is COc1ccccc1[C@H](O)c1nc2ccccc2n1Cc1ccccc1. The Hall–Kier alpha value is -3.11. The van der Waals surface area contributed by atoms with Gasteiger partial charge >= 0.3 is 0 Å². The van der Waals surface area contributed by atoms with Crippen molar-refractivity contribution in [3.63, 3.8) is 0 Å². The molecule has 0 unspecified atom stereocenters. The van der Waals surface area contributed by atoms with Gasteiger partial charge in [-0.2, -0.15) is 0 Å². The van der Waals surface area contributed by atoms with Gasteiger partial charge in [-0.3, -0.25) is 0 Å². The molecule has 0 saturated heterocycles. The normalized spacial score (nSPS) is 12.2. The first-order chi connectivity index (χ1) is 12.8. The molecular formula is C22H20N2O2. The first-order valence-electron chi connectivity index (χ1n) is 8.58. The van der Waals surface area contributed by atoms with Crippen LogP contribution in [0.1, 0.15) is 23.1 Å². The van der Waals surface area contributed by atoms with E-state index >= 15 is 0 Å². The van der Waals surface area contributed by atoms with Gasteiger partial charge in [-0.05, 0) is 23.8 Å². The third-order valence-electron chi connectivity index (χ3n) is 4.55. The summed E-state index contributed by atoms with van der Waals surface area (Å²) in [6, 6.07) is 25.6. The van der Waals surface area contributed by atoms with Crippen LogP contribution < -0.4 is 4.74 Å². The number of rotatable bonds is 5. The summed E-state index contributed by atoms with van der Waals surface area (Å²) in [7, 11) is 1.61. The number of aliphatic hydroxyl groups is 1. The molecule has 3 aromatic carbocycles. The average Bonchev–Trinajstić information content (AvgIpc) is 3.07. The van der Waals surface area contributed by atoms with E-state index in [0.29, 0.717) is 23.7 Å². The standard InChI is InChI=1S/C22H20N2O2/c1-26-20-14-8-5-11-17(20)21(25)22-23-18-12-6-7-13-19(18)24(22)15-16-9-3-2-4-10-16/h2-14,21,25H,15H2,1H3/t21-/m0/s1. The number of methoxy groups -OCH3 is 1. The third kappa shape index (κ3) is 2.95. The van der Waals surface area contributed by atoms with E-state index in [2.05, 4.69) is 16.7 Å². The number of para-hydroxylation sites is 3. The fourth-order valence-corrected chi connectivity index (χ4v) is 3.27. The molecular weight excluding hydrogens is 324 g/mol. The van der Waals surface area contributed by atoms with Gasteiger partial charge in [-0.15, -0.1) is 0 Å². The maximum atomic E-state index is 11.1. The number of benzene rings is 3. The van der Waals surface area contributed by atoms with Gasteiger partial charge in [0.1, 0.15) is 17.7 Å². The van der Waals surface area contributed by atoms with Crippen LogP contribution in [0.25, 0.3) is 11.0 Å². The van der Waals surface area contributed by atoms with Crippen LogP contribution in [0.3, 0.4) is 0 Å². The van der Waals surface area contributed by atoms with Gasteiger partial charge in [0.25, 0.3) is 0 Å². The van der Waals surface area contributed by atoms with E-state index in [1.165, 1.54) is 0 Å². The molecule has 1 N–H and O–H groups in total. The Kier molecular flexibility index (Phi) is 4.42. The average molecular weight is 344 g/mol. The molecule has 26 heavy (non-hydrogen) atoms. The summed E-state index contributed by atoms with van der Waals surface area (Å²) >= 11 is 0. The van der Waals surface area contributed by atoms with E-state index in [4.69, 9.17) is 9.72 Å². The summed E-state index contributed by atoms with van der Waals surface area (Å²) in [5.41, 5.74) is 3.73. The molecule has 1 heterocycles. The lowest BCUT2D eigenvalue weighted by Crippen LogP contribution is -2.12. The van der Waals surface area contributed by atoms with Crippen LogP contribution in [-0.2, 0) is 6.54 Å². The number of imidazole rings is 1. The van der Waals surface area contributed by atoms with E-state index in [1.807, 2.05) is 66.7 Å². The number of hydrogen-bond donors (Lipinski definition) is 1. The summed E-state index contributed by atoms with van der Waals surface area (Å²) in [5.74, 6) is 1.26. The molecule has 1 aromatic heterocycles. The number of aliphatic hydroxyl groups excluding tert-OH is 1. The van der Waals surface area contributed by atoms with Crippen LogP contribution in [0.2, 0.25) is 0 Å². The zero-order valence-electron chi connectivity index (χ0n) is 14.5. The molecule has 0 amide bonds. The highest BCUT2D eigenvalue weighted by Gasteiger charge is 2.22. The molecule has 4 nitrogen and oxygen atoms in total. The fourth-order valence-electron chi connectivity index (χ4n) is 3.27. The van der Waals surface area contributed by atoms with Gasteiger partial charge in [0.2, 0.25) is 0 Å². The van der Waals surface area contributed by atoms with Crippen molar-refractivity contribution in [3.8, 4) is 5.75 Å². The summed E-state index contributed by atoms with van der Waals surface area (Å²) < 4.78 is 7.49. The molecule has 4 aromatic rings. The van der Waals surface area contributed by atoms with Crippen LogP contribution in [-0.4, -0.2) is 21.8 Å². The van der Waals surface area contributed by atoms with Crippen LogP contribution in [0.15, 0.2) is 78.9 Å². The monoisotopic (exact) mass is 344 g/mol. The molecule has 130 valence electrons. The van der Waals surface area contributed by atoms with E-state index in [1.54, 1.807) is 7.11 Å². The Labute approximate surface area is 152 Å². The van der Waals surface area contributed by atoms with Gasteiger partial charge in [-0.25, -0.2) is 4.98 Å². The lowest BCUT2D eigenvalue weighted by atomic mass is 10.1. The van der Waals surface area contributed by atoms with E-state index in [9.17, 15) is 5.11 Å². The maximum absolute atomic E-state index is 11.1.